The molecule has 1 aliphatic rings. The van der Waals surface area contributed by atoms with Crippen molar-refractivity contribution in [2.45, 2.75) is 18.6 Å². The van der Waals surface area contributed by atoms with Gasteiger partial charge in [-0.1, -0.05) is 54.6 Å². The Morgan fingerprint density at radius 1 is 1.10 bits per heavy atom. The first-order valence-electron chi connectivity index (χ1n) is 9.86. The summed E-state index contributed by atoms with van der Waals surface area (Å²) < 4.78 is 0. The summed E-state index contributed by atoms with van der Waals surface area (Å²) in [7, 11) is 0. The van der Waals surface area contributed by atoms with Crippen LogP contribution in [-0.4, -0.2) is 5.91 Å². The number of hydrogen-bond donors (Lipinski definition) is 2. The van der Waals surface area contributed by atoms with Gasteiger partial charge < -0.3 is 10.6 Å². The van der Waals surface area contributed by atoms with Gasteiger partial charge in [0, 0.05) is 27.6 Å². The van der Waals surface area contributed by atoms with E-state index in [1.165, 1.54) is 5.56 Å². The Kier molecular flexibility index (Phi) is 6.56. The standard InChI is InChI=1S/C25H21N3OS2/c1-17-22(24(29)28-19-11-6-3-7-12-19)23(21-13-8-14-30-21)20(15-26)25(27-17)31-16-18-9-4-2-5-10-18/h2-14,23,27H,16H2,1H3,(H,28,29). The van der Waals surface area contributed by atoms with E-state index in [-0.39, 0.29) is 5.91 Å². The van der Waals surface area contributed by atoms with Gasteiger partial charge in [0.1, 0.15) is 0 Å². The minimum absolute atomic E-state index is 0.200. The fourth-order valence-corrected chi connectivity index (χ4v) is 5.41. The van der Waals surface area contributed by atoms with E-state index in [1.807, 2.05) is 73.0 Å². The number of nitriles is 1. The van der Waals surface area contributed by atoms with Crippen LogP contribution in [0.2, 0.25) is 0 Å². The highest BCUT2D eigenvalue weighted by Gasteiger charge is 2.35. The van der Waals surface area contributed by atoms with E-state index in [9.17, 15) is 10.1 Å². The van der Waals surface area contributed by atoms with E-state index in [1.54, 1.807) is 23.1 Å². The number of allylic oxidation sites excluding steroid dienone is 2. The molecule has 0 saturated carbocycles. The van der Waals surface area contributed by atoms with E-state index in [0.29, 0.717) is 11.1 Å². The third-order valence-electron chi connectivity index (χ3n) is 4.98. The summed E-state index contributed by atoms with van der Waals surface area (Å²) in [6.07, 6.45) is 0. The van der Waals surface area contributed by atoms with Gasteiger partial charge in [0.2, 0.25) is 0 Å². The lowest BCUT2D eigenvalue weighted by Gasteiger charge is -2.29. The number of dihydropyridines is 1. The number of para-hydroxylation sites is 1. The maximum atomic E-state index is 13.3. The number of amides is 1. The lowest BCUT2D eigenvalue weighted by atomic mass is 9.86. The van der Waals surface area contributed by atoms with Crippen LogP contribution in [0.25, 0.3) is 0 Å². The molecule has 1 atom stereocenters. The summed E-state index contributed by atoms with van der Waals surface area (Å²) in [6, 6.07) is 25.9. The van der Waals surface area contributed by atoms with E-state index in [0.717, 1.165) is 27.0 Å². The number of nitrogens with one attached hydrogen (secondary N) is 2. The topological polar surface area (TPSA) is 64.9 Å². The van der Waals surface area contributed by atoms with Crippen LogP contribution in [0.5, 0.6) is 0 Å². The number of anilines is 1. The van der Waals surface area contributed by atoms with E-state index < -0.39 is 5.92 Å². The molecule has 4 rings (SSSR count). The summed E-state index contributed by atoms with van der Waals surface area (Å²) in [5.74, 6) is 0.146. The molecule has 0 bridgehead atoms. The monoisotopic (exact) mass is 443 g/mol. The van der Waals surface area contributed by atoms with Crippen LogP contribution in [0.15, 0.2) is 100 Å². The van der Waals surface area contributed by atoms with Gasteiger partial charge in [-0.2, -0.15) is 5.26 Å². The van der Waals surface area contributed by atoms with Crippen LogP contribution < -0.4 is 10.6 Å². The summed E-state index contributed by atoms with van der Waals surface area (Å²) in [5, 5.41) is 19.2. The van der Waals surface area contributed by atoms with E-state index >= 15 is 0 Å². The number of thiophene rings is 1. The van der Waals surface area contributed by atoms with Gasteiger partial charge in [0.25, 0.3) is 5.91 Å². The van der Waals surface area contributed by atoms with Gasteiger partial charge in [0.05, 0.1) is 22.6 Å². The van der Waals surface area contributed by atoms with Gasteiger partial charge in [-0.05, 0) is 36.1 Å². The number of nitrogens with zero attached hydrogens (tertiary/aromatic N) is 1. The Bertz CT molecular complexity index is 1160. The van der Waals surface area contributed by atoms with Crippen molar-refractivity contribution in [1.29, 1.82) is 5.26 Å². The Morgan fingerprint density at radius 2 is 1.81 bits per heavy atom. The zero-order valence-corrected chi connectivity index (χ0v) is 18.6. The molecule has 6 heteroatoms. The molecule has 1 aromatic heterocycles. The minimum Gasteiger partial charge on any atom is -0.353 e. The molecule has 4 nitrogen and oxygen atoms in total. The molecule has 31 heavy (non-hydrogen) atoms. The number of hydrogen-bond acceptors (Lipinski definition) is 5. The normalized spacial score (nSPS) is 15.9. The lowest BCUT2D eigenvalue weighted by molar-refractivity contribution is -0.113. The molecule has 3 aromatic rings. The molecule has 0 saturated heterocycles. The molecule has 0 aliphatic carbocycles. The van der Waals surface area contributed by atoms with Crippen LogP contribution in [-0.2, 0) is 10.5 Å². The van der Waals surface area contributed by atoms with Gasteiger partial charge in [-0.25, -0.2) is 0 Å². The van der Waals surface area contributed by atoms with Crippen molar-refractivity contribution in [2.24, 2.45) is 0 Å². The van der Waals surface area contributed by atoms with Crippen LogP contribution in [0.1, 0.15) is 23.3 Å². The zero-order valence-electron chi connectivity index (χ0n) is 17.0. The molecule has 1 aliphatic heterocycles. The molecule has 0 spiro atoms. The second-order valence-electron chi connectivity index (χ2n) is 7.06. The van der Waals surface area contributed by atoms with Crippen molar-refractivity contribution < 1.29 is 4.79 Å². The number of thioether (sulfide) groups is 1. The molecular weight excluding hydrogens is 422 g/mol. The molecule has 154 valence electrons. The highest BCUT2D eigenvalue weighted by Crippen LogP contribution is 2.43. The van der Waals surface area contributed by atoms with Crippen LogP contribution >= 0.6 is 23.1 Å². The van der Waals surface area contributed by atoms with Crippen LogP contribution in [0.3, 0.4) is 0 Å². The van der Waals surface area contributed by atoms with E-state index in [2.05, 4.69) is 28.8 Å². The zero-order chi connectivity index (χ0) is 21.6. The fourth-order valence-electron chi connectivity index (χ4n) is 3.52. The molecule has 0 fully saturated rings. The first-order chi connectivity index (χ1) is 15.2. The predicted octanol–water partition coefficient (Wildman–Crippen LogP) is 6.02. The summed E-state index contributed by atoms with van der Waals surface area (Å²) in [6.45, 7) is 1.90. The van der Waals surface area contributed by atoms with Crippen LogP contribution in [0, 0.1) is 11.3 Å². The second kappa shape index (κ2) is 9.69. The van der Waals surface area contributed by atoms with Gasteiger partial charge in [-0.15, -0.1) is 23.1 Å². The Morgan fingerprint density at radius 3 is 2.45 bits per heavy atom. The highest BCUT2D eigenvalue weighted by molar-refractivity contribution is 8.02. The van der Waals surface area contributed by atoms with Crippen molar-refractivity contribution in [2.75, 3.05) is 5.32 Å². The Hall–Kier alpha value is -3.27. The van der Waals surface area contributed by atoms with Gasteiger partial charge in [0.15, 0.2) is 0 Å². The smallest absolute Gasteiger partial charge is 0.254 e. The van der Waals surface area contributed by atoms with Crippen molar-refractivity contribution >= 4 is 34.7 Å². The average molecular weight is 444 g/mol. The van der Waals surface area contributed by atoms with E-state index in [4.69, 9.17) is 0 Å². The predicted molar refractivity (Wildman–Crippen MR) is 128 cm³/mol. The molecule has 2 N–H and O–H groups in total. The molecule has 1 amide bonds. The van der Waals surface area contributed by atoms with Crippen LogP contribution in [0.4, 0.5) is 5.69 Å². The summed E-state index contributed by atoms with van der Waals surface area (Å²) in [5.41, 5.74) is 3.82. The fraction of sp³-hybridized carbons (Fsp3) is 0.120. The van der Waals surface area contributed by atoms with Gasteiger partial charge in [-0.3, -0.25) is 4.79 Å². The first kappa shape index (κ1) is 21.0. The molecule has 2 aromatic carbocycles. The second-order valence-corrected chi connectivity index (χ2v) is 9.03. The third-order valence-corrected chi connectivity index (χ3v) is 7.00. The first-order valence-corrected chi connectivity index (χ1v) is 11.7. The average Bonchev–Trinajstić information content (AvgIpc) is 3.33. The van der Waals surface area contributed by atoms with Gasteiger partial charge >= 0.3 is 0 Å². The molecule has 0 radical (unpaired) electrons. The molecule has 1 unspecified atom stereocenters. The Balaban J connectivity index is 1.68. The maximum absolute atomic E-state index is 13.3. The highest BCUT2D eigenvalue weighted by atomic mass is 32.2. The maximum Gasteiger partial charge on any atom is 0.254 e. The minimum atomic E-state index is -0.395. The number of carbonyl (C=O) groups excluding carboxylic acids is 1. The summed E-state index contributed by atoms with van der Waals surface area (Å²) in [4.78, 5) is 14.3. The number of carbonyl (C=O) groups is 1. The Labute approximate surface area is 190 Å². The lowest BCUT2D eigenvalue weighted by Crippen LogP contribution is -2.30. The van der Waals surface area contributed by atoms with Crippen molar-refractivity contribution in [3.63, 3.8) is 0 Å². The number of rotatable bonds is 6. The number of benzene rings is 2. The molecular formula is C25H21N3OS2. The van der Waals surface area contributed by atoms with Crippen molar-refractivity contribution in [3.8, 4) is 6.07 Å². The quantitative estimate of drug-likeness (QED) is 0.489. The molecule has 2 heterocycles. The van der Waals surface area contributed by atoms with Crippen molar-refractivity contribution in [1.82, 2.24) is 5.32 Å². The SMILES string of the molecule is CC1=C(C(=O)Nc2ccccc2)C(c2cccs2)C(C#N)=C(SCc2ccccc2)N1. The largest absolute Gasteiger partial charge is 0.353 e. The third kappa shape index (κ3) is 4.74. The summed E-state index contributed by atoms with van der Waals surface area (Å²) >= 11 is 3.15. The van der Waals surface area contributed by atoms with Crippen molar-refractivity contribution in [3.05, 3.63) is 110 Å².